The molecule has 0 unspecified atom stereocenters. The number of benzene rings is 1. The number of carbonyl (C=O) groups is 1. The summed E-state index contributed by atoms with van der Waals surface area (Å²) in [4.78, 5) is 29.6. The maximum atomic E-state index is 11.4. The molecule has 1 aromatic heterocycles. The van der Waals surface area contributed by atoms with E-state index in [-0.39, 0.29) is 28.6 Å². The van der Waals surface area contributed by atoms with Crippen molar-refractivity contribution in [3.05, 3.63) is 45.6 Å². The smallest absolute Gasteiger partial charge is 0.339 e. The highest BCUT2D eigenvalue weighted by atomic mass is 16.6. The highest BCUT2D eigenvalue weighted by Gasteiger charge is 2.21. The van der Waals surface area contributed by atoms with Gasteiger partial charge in [0.25, 0.3) is 5.69 Å². The molecule has 8 nitrogen and oxygen atoms in total. The van der Waals surface area contributed by atoms with Gasteiger partial charge < -0.3 is 9.84 Å². The Balaban J connectivity index is 2.72. The highest BCUT2D eigenvalue weighted by molar-refractivity contribution is 5.96. The lowest BCUT2D eigenvalue weighted by Gasteiger charge is -2.09. The Morgan fingerprint density at radius 2 is 2.10 bits per heavy atom. The molecular weight excluding hydrogens is 278 g/mol. The molecule has 0 aliphatic carbocycles. The quantitative estimate of drug-likeness (QED) is 0.676. The SMILES string of the molecule is COc1nc(C)c(C(=O)O)c(-c2cccc([N+](=O)[O-])c2)n1. The van der Waals surface area contributed by atoms with Crippen molar-refractivity contribution in [2.75, 3.05) is 7.11 Å². The van der Waals surface area contributed by atoms with E-state index in [2.05, 4.69) is 9.97 Å². The van der Waals surface area contributed by atoms with Crippen LogP contribution in [0.2, 0.25) is 0 Å². The Morgan fingerprint density at radius 3 is 2.67 bits per heavy atom. The average Bonchev–Trinajstić information content (AvgIpc) is 2.45. The molecule has 21 heavy (non-hydrogen) atoms. The zero-order valence-electron chi connectivity index (χ0n) is 11.2. The lowest BCUT2D eigenvalue weighted by molar-refractivity contribution is -0.384. The molecule has 2 rings (SSSR count). The fraction of sp³-hybridized carbons (Fsp3) is 0.154. The molecule has 2 aromatic rings. The van der Waals surface area contributed by atoms with E-state index in [4.69, 9.17) is 4.74 Å². The van der Waals surface area contributed by atoms with Gasteiger partial charge in [0.1, 0.15) is 5.56 Å². The number of carboxylic acids is 1. The number of non-ortho nitro benzene ring substituents is 1. The first-order valence-corrected chi connectivity index (χ1v) is 5.84. The monoisotopic (exact) mass is 289 g/mol. The average molecular weight is 289 g/mol. The molecule has 0 saturated carbocycles. The zero-order valence-corrected chi connectivity index (χ0v) is 11.2. The summed E-state index contributed by atoms with van der Waals surface area (Å²) in [6.07, 6.45) is 0. The molecular formula is C13H11N3O5. The van der Waals surface area contributed by atoms with Gasteiger partial charge in [0.2, 0.25) is 0 Å². The third kappa shape index (κ3) is 2.78. The van der Waals surface area contributed by atoms with E-state index >= 15 is 0 Å². The van der Waals surface area contributed by atoms with Gasteiger partial charge in [0.15, 0.2) is 0 Å². The van der Waals surface area contributed by atoms with Crippen LogP contribution in [0.15, 0.2) is 24.3 Å². The number of nitro benzene ring substituents is 1. The van der Waals surface area contributed by atoms with Crippen LogP contribution in [0.25, 0.3) is 11.3 Å². The summed E-state index contributed by atoms with van der Waals surface area (Å²) in [5.74, 6) is -1.21. The van der Waals surface area contributed by atoms with E-state index in [1.165, 1.54) is 32.2 Å². The molecule has 0 radical (unpaired) electrons. The molecule has 1 aromatic carbocycles. The molecule has 0 saturated heterocycles. The number of hydrogen-bond donors (Lipinski definition) is 1. The number of aryl methyl sites for hydroxylation is 1. The van der Waals surface area contributed by atoms with Crippen molar-refractivity contribution >= 4 is 11.7 Å². The van der Waals surface area contributed by atoms with Gasteiger partial charge in [-0.1, -0.05) is 12.1 Å². The topological polar surface area (TPSA) is 115 Å². The van der Waals surface area contributed by atoms with Crippen LogP contribution < -0.4 is 4.74 Å². The number of carboxylic acid groups (broad SMARTS) is 1. The number of aromatic carboxylic acids is 1. The number of nitrogens with zero attached hydrogens (tertiary/aromatic N) is 3. The first-order chi connectivity index (χ1) is 9.93. The van der Waals surface area contributed by atoms with E-state index in [1.54, 1.807) is 6.07 Å². The van der Waals surface area contributed by atoms with Crippen LogP contribution in [0.5, 0.6) is 6.01 Å². The van der Waals surface area contributed by atoms with Gasteiger partial charge in [-0.05, 0) is 6.92 Å². The summed E-state index contributed by atoms with van der Waals surface area (Å²) in [7, 11) is 1.35. The molecule has 0 bridgehead atoms. The first kappa shape index (κ1) is 14.4. The zero-order chi connectivity index (χ0) is 15.6. The van der Waals surface area contributed by atoms with E-state index in [0.717, 1.165) is 0 Å². The van der Waals surface area contributed by atoms with E-state index in [1.807, 2.05) is 0 Å². The van der Waals surface area contributed by atoms with Crippen molar-refractivity contribution in [3.63, 3.8) is 0 Å². The second kappa shape index (κ2) is 5.53. The van der Waals surface area contributed by atoms with Crippen molar-refractivity contribution < 1.29 is 19.6 Å². The van der Waals surface area contributed by atoms with Crippen LogP contribution in [0.3, 0.4) is 0 Å². The molecule has 0 aliphatic rings. The maximum absolute atomic E-state index is 11.4. The number of hydrogen-bond acceptors (Lipinski definition) is 6. The predicted molar refractivity (Wildman–Crippen MR) is 72.4 cm³/mol. The minimum absolute atomic E-state index is 0.000920. The summed E-state index contributed by atoms with van der Waals surface area (Å²) in [6.45, 7) is 1.51. The third-order valence-electron chi connectivity index (χ3n) is 2.80. The maximum Gasteiger partial charge on any atom is 0.339 e. The Labute approximate surface area is 119 Å². The minimum Gasteiger partial charge on any atom is -0.478 e. The molecule has 0 amide bonds. The summed E-state index contributed by atoms with van der Waals surface area (Å²) < 4.78 is 4.92. The lowest BCUT2D eigenvalue weighted by Crippen LogP contribution is -2.08. The van der Waals surface area contributed by atoms with Gasteiger partial charge in [0.05, 0.1) is 23.4 Å². The van der Waals surface area contributed by atoms with Gasteiger partial charge in [-0.15, -0.1) is 0 Å². The third-order valence-corrected chi connectivity index (χ3v) is 2.80. The van der Waals surface area contributed by atoms with Gasteiger partial charge in [-0.25, -0.2) is 4.79 Å². The van der Waals surface area contributed by atoms with Crippen molar-refractivity contribution in [2.24, 2.45) is 0 Å². The molecule has 0 atom stereocenters. The molecule has 1 heterocycles. The largest absolute Gasteiger partial charge is 0.478 e. The van der Waals surface area contributed by atoms with Crippen LogP contribution in [0, 0.1) is 17.0 Å². The van der Waals surface area contributed by atoms with Gasteiger partial charge in [0, 0.05) is 17.7 Å². The Kier molecular flexibility index (Phi) is 3.79. The highest BCUT2D eigenvalue weighted by Crippen LogP contribution is 2.28. The standard InChI is InChI=1S/C13H11N3O5/c1-7-10(12(17)18)11(15-13(14-7)21-2)8-4-3-5-9(6-8)16(19)20/h3-6H,1-2H3,(H,17,18). The van der Waals surface area contributed by atoms with E-state index in [9.17, 15) is 20.0 Å². The fourth-order valence-electron chi connectivity index (χ4n) is 1.87. The Hall–Kier alpha value is -3.03. The number of methoxy groups -OCH3 is 1. The number of nitro groups is 1. The predicted octanol–water partition coefficient (Wildman–Crippen LogP) is 2.07. The lowest BCUT2D eigenvalue weighted by atomic mass is 10.0. The second-order valence-electron chi connectivity index (χ2n) is 4.13. The van der Waals surface area contributed by atoms with Gasteiger partial charge in [-0.3, -0.25) is 10.1 Å². The summed E-state index contributed by atoms with van der Waals surface area (Å²) in [6, 6.07) is 5.58. The minimum atomic E-state index is -1.21. The Morgan fingerprint density at radius 1 is 1.38 bits per heavy atom. The molecule has 0 spiro atoms. The number of aromatic nitrogens is 2. The van der Waals surface area contributed by atoms with Crippen molar-refractivity contribution in [1.29, 1.82) is 0 Å². The van der Waals surface area contributed by atoms with E-state index < -0.39 is 10.9 Å². The summed E-state index contributed by atoms with van der Waals surface area (Å²) in [5, 5.41) is 20.1. The number of rotatable bonds is 4. The summed E-state index contributed by atoms with van der Waals surface area (Å²) >= 11 is 0. The van der Waals surface area contributed by atoms with Crippen LogP contribution in [-0.2, 0) is 0 Å². The van der Waals surface area contributed by atoms with Crippen molar-refractivity contribution in [2.45, 2.75) is 6.92 Å². The van der Waals surface area contributed by atoms with Crippen LogP contribution >= 0.6 is 0 Å². The van der Waals surface area contributed by atoms with Gasteiger partial charge in [-0.2, -0.15) is 9.97 Å². The number of ether oxygens (including phenoxy) is 1. The molecule has 108 valence electrons. The summed E-state index contributed by atoms with van der Waals surface area (Å²) in [5.41, 5.74) is 0.340. The van der Waals surface area contributed by atoms with E-state index in [0.29, 0.717) is 5.56 Å². The molecule has 0 fully saturated rings. The Bertz CT molecular complexity index is 730. The van der Waals surface area contributed by atoms with Crippen LogP contribution in [0.1, 0.15) is 16.1 Å². The fourth-order valence-corrected chi connectivity index (χ4v) is 1.87. The second-order valence-corrected chi connectivity index (χ2v) is 4.13. The normalized spacial score (nSPS) is 10.2. The first-order valence-electron chi connectivity index (χ1n) is 5.84. The molecule has 0 aliphatic heterocycles. The molecule has 8 heteroatoms. The molecule has 1 N–H and O–H groups in total. The van der Waals surface area contributed by atoms with Crippen molar-refractivity contribution in [1.82, 2.24) is 9.97 Å². The van der Waals surface area contributed by atoms with Crippen LogP contribution in [-0.4, -0.2) is 33.1 Å². The van der Waals surface area contributed by atoms with Crippen molar-refractivity contribution in [3.8, 4) is 17.3 Å². The van der Waals surface area contributed by atoms with Gasteiger partial charge >= 0.3 is 12.0 Å². The van der Waals surface area contributed by atoms with Crippen LogP contribution in [0.4, 0.5) is 5.69 Å².